The highest BCUT2D eigenvalue weighted by atomic mass is 32.2. The lowest BCUT2D eigenvalue weighted by Gasteiger charge is -2.17. The van der Waals surface area contributed by atoms with Gasteiger partial charge in [0.15, 0.2) is 0 Å². The molecule has 0 radical (unpaired) electrons. The number of nitrogens with one attached hydrogen (secondary N) is 3. The predicted octanol–water partition coefficient (Wildman–Crippen LogP) is 7.13. The van der Waals surface area contributed by atoms with Crippen LogP contribution >= 0.6 is 23.1 Å². The summed E-state index contributed by atoms with van der Waals surface area (Å²) in [7, 11) is 0. The van der Waals surface area contributed by atoms with Gasteiger partial charge in [-0.1, -0.05) is 78.1 Å². The van der Waals surface area contributed by atoms with Gasteiger partial charge in [0.2, 0.25) is 11.0 Å². The first kappa shape index (κ1) is 32.1. The van der Waals surface area contributed by atoms with Crippen molar-refractivity contribution in [3.8, 4) is 5.75 Å². The third-order valence-electron chi connectivity index (χ3n) is 6.47. The van der Waals surface area contributed by atoms with E-state index >= 15 is 0 Å². The van der Waals surface area contributed by atoms with Crippen molar-refractivity contribution in [3.63, 3.8) is 0 Å². The SMILES string of the molecule is CCOc1ccc(/C=C(/NC(=O)c2ccccc2)C(=O)Nc2cccc(SC(C(=O)Nc3nnc(C)s3)c3ccccc3)c2)cc1. The van der Waals surface area contributed by atoms with Gasteiger partial charge in [-0.2, -0.15) is 0 Å². The second-order valence-corrected chi connectivity index (χ2v) is 12.2. The minimum atomic E-state index is -0.600. The van der Waals surface area contributed by atoms with E-state index in [0.717, 1.165) is 15.5 Å². The van der Waals surface area contributed by atoms with Gasteiger partial charge in [0, 0.05) is 16.1 Å². The number of amides is 3. The summed E-state index contributed by atoms with van der Waals surface area (Å²) in [5.74, 6) is -0.468. The highest BCUT2D eigenvalue weighted by Gasteiger charge is 2.24. The number of carbonyl (C=O) groups is 3. The number of anilines is 2. The summed E-state index contributed by atoms with van der Waals surface area (Å²) in [6, 6.07) is 32.5. The maximum atomic E-state index is 13.6. The van der Waals surface area contributed by atoms with E-state index in [-0.39, 0.29) is 11.6 Å². The molecule has 9 nitrogen and oxygen atoms in total. The van der Waals surface area contributed by atoms with E-state index in [1.807, 2.05) is 68.4 Å². The Hall–Kier alpha value is -5.26. The molecule has 1 heterocycles. The van der Waals surface area contributed by atoms with E-state index in [4.69, 9.17) is 4.74 Å². The van der Waals surface area contributed by atoms with Gasteiger partial charge in [-0.25, -0.2) is 0 Å². The molecule has 0 aliphatic carbocycles. The first-order chi connectivity index (χ1) is 22.4. The van der Waals surface area contributed by atoms with Crippen LogP contribution in [-0.4, -0.2) is 34.5 Å². The Bertz CT molecular complexity index is 1830. The van der Waals surface area contributed by atoms with Gasteiger partial charge in [-0.05, 0) is 73.5 Å². The summed E-state index contributed by atoms with van der Waals surface area (Å²) in [5.41, 5.74) is 2.48. The molecule has 0 saturated carbocycles. The van der Waals surface area contributed by atoms with Crippen LogP contribution in [-0.2, 0) is 9.59 Å². The highest BCUT2D eigenvalue weighted by molar-refractivity contribution is 8.00. The summed E-state index contributed by atoms with van der Waals surface area (Å²) in [6.07, 6.45) is 1.61. The average Bonchev–Trinajstić information content (AvgIpc) is 3.49. The minimum absolute atomic E-state index is 0.0601. The van der Waals surface area contributed by atoms with Crippen LogP contribution in [0.4, 0.5) is 10.8 Å². The Morgan fingerprint density at radius 3 is 2.26 bits per heavy atom. The summed E-state index contributed by atoms with van der Waals surface area (Å²) < 4.78 is 5.52. The van der Waals surface area contributed by atoms with E-state index in [0.29, 0.717) is 34.3 Å². The molecule has 232 valence electrons. The Morgan fingerprint density at radius 1 is 0.870 bits per heavy atom. The number of rotatable bonds is 12. The van der Waals surface area contributed by atoms with E-state index in [1.165, 1.54) is 23.1 Å². The molecule has 0 fully saturated rings. The van der Waals surface area contributed by atoms with Crippen molar-refractivity contribution in [1.29, 1.82) is 0 Å². The average molecular weight is 650 g/mol. The van der Waals surface area contributed by atoms with Crippen LogP contribution in [0.25, 0.3) is 6.08 Å². The third-order valence-corrected chi connectivity index (χ3v) is 8.48. The van der Waals surface area contributed by atoms with E-state index in [2.05, 4.69) is 26.1 Å². The van der Waals surface area contributed by atoms with Crippen molar-refractivity contribution in [2.45, 2.75) is 24.0 Å². The van der Waals surface area contributed by atoms with E-state index in [1.54, 1.807) is 60.7 Å². The zero-order chi connectivity index (χ0) is 32.3. The first-order valence-corrected chi connectivity index (χ1v) is 16.1. The summed E-state index contributed by atoms with van der Waals surface area (Å²) in [4.78, 5) is 40.8. The summed E-state index contributed by atoms with van der Waals surface area (Å²) >= 11 is 2.64. The van der Waals surface area contributed by atoms with Crippen LogP contribution < -0.4 is 20.7 Å². The lowest BCUT2D eigenvalue weighted by atomic mass is 10.1. The van der Waals surface area contributed by atoms with Crippen molar-refractivity contribution in [1.82, 2.24) is 15.5 Å². The zero-order valence-electron chi connectivity index (χ0n) is 25.1. The van der Waals surface area contributed by atoms with Crippen molar-refractivity contribution >= 4 is 57.7 Å². The molecule has 5 rings (SSSR count). The van der Waals surface area contributed by atoms with Gasteiger partial charge in [-0.3, -0.25) is 19.7 Å². The fraction of sp³-hybridized carbons (Fsp3) is 0.114. The minimum Gasteiger partial charge on any atom is -0.494 e. The maximum absolute atomic E-state index is 13.6. The van der Waals surface area contributed by atoms with Crippen molar-refractivity contribution in [2.75, 3.05) is 17.2 Å². The summed E-state index contributed by atoms with van der Waals surface area (Å²) in [5, 5.41) is 17.1. The topological polar surface area (TPSA) is 122 Å². The van der Waals surface area contributed by atoms with E-state index in [9.17, 15) is 14.4 Å². The Morgan fingerprint density at radius 2 is 1.59 bits per heavy atom. The van der Waals surface area contributed by atoms with Crippen LogP contribution in [0.5, 0.6) is 5.75 Å². The molecular formula is C35H31N5O4S2. The number of benzene rings is 4. The van der Waals surface area contributed by atoms with Crippen LogP contribution in [0, 0.1) is 6.92 Å². The normalized spacial score (nSPS) is 11.7. The van der Waals surface area contributed by atoms with Crippen LogP contribution in [0.3, 0.4) is 0 Å². The van der Waals surface area contributed by atoms with Crippen LogP contribution in [0.1, 0.15) is 38.7 Å². The number of hydrogen-bond acceptors (Lipinski definition) is 8. The van der Waals surface area contributed by atoms with Gasteiger partial charge in [0.05, 0.1) is 6.61 Å². The third kappa shape index (κ3) is 8.90. The molecule has 1 unspecified atom stereocenters. The van der Waals surface area contributed by atoms with Crippen molar-refractivity contribution < 1.29 is 19.1 Å². The number of ether oxygens (including phenoxy) is 1. The number of aromatic nitrogens is 2. The monoisotopic (exact) mass is 649 g/mol. The Balaban J connectivity index is 1.37. The number of nitrogens with zero attached hydrogens (tertiary/aromatic N) is 2. The van der Waals surface area contributed by atoms with E-state index < -0.39 is 17.1 Å². The molecule has 0 saturated heterocycles. The molecule has 3 amide bonds. The van der Waals surface area contributed by atoms with Gasteiger partial charge < -0.3 is 15.4 Å². The number of thioether (sulfide) groups is 1. The lowest BCUT2D eigenvalue weighted by Crippen LogP contribution is -2.30. The largest absolute Gasteiger partial charge is 0.494 e. The van der Waals surface area contributed by atoms with Gasteiger partial charge >= 0.3 is 0 Å². The molecule has 0 aliphatic rings. The molecule has 1 atom stereocenters. The fourth-order valence-corrected chi connectivity index (χ4v) is 6.01. The first-order valence-electron chi connectivity index (χ1n) is 14.4. The molecule has 11 heteroatoms. The molecule has 4 aromatic carbocycles. The van der Waals surface area contributed by atoms with Gasteiger partial charge in [-0.15, -0.1) is 22.0 Å². The molecule has 0 bridgehead atoms. The van der Waals surface area contributed by atoms with Crippen LogP contribution in [0.15, 0.2) is 120 Å². The second kappa shape index (κ2) is 15.6. The van der Waals surface area contributed by atoms with Crippen molar-refractivity contribution in [3.05, 3.63) is 137 Å². The molecule has 0 aliphatic heterocycles. The molecule has 0 spiro atoms. The smallest absolute Gasteiger partial charge is 0.272 e. The maximum Gasteiger partial charge on any atom is 0.272 e. The number of aryl methyl sites for hydroxylation is 1. The molecule has 1 aromatic heterocycles. The Labute approximate surface area is 275 Å². The van der Waals surface area contributed by atoms with Gasteiger partial charge in [0.1, 0.15) is 21.7 Å². The van der Waals surface area contributed by atoms with Gasteiger partial charge in [0.25, 0.3) is 11.8 Å². The quantitative estimate of drug-likeness (QED) is 0.0971. The highest BCUT2D eigenvalue weighted by Crippen LogP contribution is 2.37. The Kier molecular flexibility index (Phi) is 10.9. The zero-order valence-corrected chi connectivity index (χ0v) is 26.7. The van der Waals surface area contributed by atoms with Crippen molar-refractivity contribution in [2.24, 2.45) is 0 Å². The number of hydrogen-bond donors (Lipinski definition) is 3. The molecule has 5 aromatic rings. The molecule has 3 N–H and O–H groups in total. The molecule has 46 heavy (non-hydrogen) atoms. The fourth-order valence-electron chi connectivity index (χ4n) is 4.34. The van der Waals surface area contributed by atoms with Crippen LogP contribution in [0.2, 0.25) is 0 Å². The second-order valence-electron chi connectivity index (χ2n) is 9.89. The molecular weight excluding hydrogens is 619 g/mol. The summed E-state index contributed by atoms with van der Waals surface area (Å²) in [6.45, 7) is 4.26. The lowest BCUT2D eigenvalue weighted by molar-refractivity contribution is -0.116. The number of carbonyl (C=O) groups excluding carboxylic acids is 3. The predicted molar refractivity (Wildman–Crippen MR) is 183 cm³/mol. The standard InChI is InChI=1S/C35H31N5O4S2/c1-3-44-28-19-17-24(18-20-28)21-30(37-32(41)26-13-8-5-9-14-26)33(42)36-27-15-10-16-29(22-27)46-31(25-11-6-4-7-12-25)34(43)38-35-40-39-23(2)45-35/h4-22,31H,3H2,1-2H3,(H,36,42)(H,37,41)(H,38,40,43)/b30-21+.